The number of ether oxygens (including phenoxy) is 5. The lowest BCUT2D eigenvalue weighted by Crippen LogP contribution is -2.09. The Bertz CT molecular complexity index is 1380. The van der Waals surface area contributed by atoms with Gasteiger partial charge in [0.15, 0.2) is 0 Å². The first kappa shape index (κ1) is 24.5. The first-order chi connectivity index (χ1) is 18.6. The number of hydrogen-bond acceptors (Lipinski definition) is 6. The molecule has 0 saturated carbocycles. The number of rotatable bonds is 7. The van der Waals surface area contributed by atoms with E-state index in [1.165, 1.54) is 18.7 Å². The quantitative estimate of drug-likeness (QED) is 0.333. The summed E-state index contributed by atoms with van der Waals surface area (Å²) in [5.74, 6) is 2.03. The fourth-order valence-corrected chi connectivity index (χ4v) is 5.46. The van der Waals surface area contributed by atoms with Crippen LogP contribution >= 0.6 is 0 Å². The van der Waals surface area contributed by atoms with Gasteiger partial charge in [-0.25, -0.2) is 4.39 Å². The van der Waals surface area contributed by atoms with Crippen LogP contribution in [0.4, 0.5) is 4.39 Å². The van der Waals surface area contributed by atoms with Gasteiger partial charge in [-0.15, -0.1) is 0 Å². The average molecular weight is 517 g/mol. The zero-order chi connectivity index (χ0) is 26.1. The highest BCUT2D eigenvalue weighted by Gasteiger charge is 2.32. The molecule has 0 radical (unpaired) electrons. The monoisotopic (exact) mass is 516 g/mol. The fourth-order valence-electron chi connectivity index (χ4n) is 5.46. The van der Waals surface area contributed by atoms with Crippen molar-refractivity contribution >= 4 is 11.5 Å². The SMILES string of the molecule is COC(=O)CC1COc2cc(O[C@@H]3CCc4c(Oc5ccc(C6=CCOCC6)cc5)ccc(F)c43)ccc21. The number of carbonyl (C=O) groups excluding carboxylic acids is 1. The second kappa shape index (κ2) is 10.5. The molecule has 0 N–H and O–H groups in total. The van der Waals surface area contributed by atoms with Crippen LogP contribution in [0.2, 0.25) is 0 Å². The van der Waals surface area contributed by atoms with E-state index in [1.807, 2.05) is 42.5 Å². The van der Waals surface area contributed by atoms with Gasteiger partial charge >= 0.3 is 5.97 Å². The Morgan fingerprint density at radius 3 is 2.68 bits per heavy atom. The van der Waals surface area contributed by atoms with E-state index in [9.17, 15) is 4.79 Å². The smallest absolute Gasteiger partial charge is 0.306 e. The van der Waals surface area contributed by atoms with Crippen LogP contribution in [0.3, 0.4) is 0 Å². The van der Waals surface area contributed by atoms with Gasteiger partial charge in [-0.2, -0.15) is 0 Å². The summed E-state index contributed by atoms with van der Waals surface area (Å²) in [5.41, 5.74) is 4.77. The summed E-state index contributed by atoms with van der Waals surface area (Å²) in [5, 5.41) is 0. The topological polar surface area (TPSA) is 63.2 Å². The lowest BCUT2D eigenvalue weighted by atomic mass is 9.98. The number of methoxy groups -OCH3 is 1. The van der Waals surface area contributed by atoms with Gasteiger partial charge in [-0.3, -0.25) is 4.79 Å². The molecule has 2 atom stereocenters. The Morgan fingerprint density at radius 2 is 1.89 bits per heavy atom. The molecule has 0 spiro atoms. The van der Waals surface area contributed by atoms with E-state index in [-0.39, 0.29) is 24.1 Å². The van der Waals surface area contributed by atoms with E-state index in [0.29, 0.717) is 54.6 Å². The Morgan fingerprint density at radius 1 is 1.05 bits per heavy atom. The molecule has 38 heavy (non-hydrogen) atoms. The van der Waals surface area contributed by atoms with Crippen molar-refractivity contribution in [2.45, 2.75) is 37.7 Å². The van der Waals surface area contributed by atoms with E-state index in [2.05, 4.69) is 6.08 Å². The van der Waals surface area contributed by atoms with Gasteiger partial charge in [0.2, 0.25) is 0 Å². The predicted molar refractivity (Wildman–Crippen MR) is 139 cm³/mol. The zero-order valence-corrected chi connectivity index (χ0v) is 21.2. The molecule has 0 amide bonds. The van der Waals surface area contributed by atoms with Gasteiger partial charge in [0.25, 0.3) is 0 Å². The molecule has 1 aliphatic carbocycles. The molecule has 196 valence electrons. The third-order valence-corrected chi connectivity index (χ3v) is 7.44. The maximum atomic E-state index is 15.0. The van der Waals surface area contributed by atoms with Crippen LogP contribution in [0.15, 0.2) is 60.7 Å². The molecular formula is C31H29FO6. The minimum absolute atomic E-state index is 0.0432. The van der Waals surface area contributed by atoms with Crippen molar-refractivity contribution in [3.05, 3.63) is 88.7 Å². The molecule has 3 aromatic carbocycles. The normalized spacial score (nSPS) is 19.7. The Hall–Kier alpha value is -3.84. The molecule has 3 aliphatic rings. The van der Waals surface area contributed by atoms with Crippen molar-refractivity contribution in [3.8, 4) is 23.0 Å². The molecule has 0 fully saturated rings. The summed E-state index contributed by atoms with van der Waals surface area (Å²) < 4.78 is 43.5. The van der Waals surface area contributed by atoms with Crippen molar-refractivity contribution in [1.29, 1.82) is 0 Å². The third-order valence-electron chi connectivity index (χ3n) is 7.44. The maximum absolute atomic E-state index is 15.0. The number of benzene rings is 3. The van der Waals surface area contributed by atoms with Crippen LogP contribution in [0, 0.1) is 5.82 Å². The first-order valence-corrected chi connectivity index (χ1v) is 13.0. The van der Waals surface area contributed by atoms with Gasteiger partial charge < -0.3 is 23.7 Å². The van der Waals surface area contributed by atoms with Gasteiger partial charge in [0.1, 0.15) is 34.9 Å². The van der Waals surface area contributed by atoms with Crippen molar-refractivity contribution in [2.24, 2.45) is 0 Å². The zero-order valence-electron chi connectivity index (χ0n) is 21.2. The van der Waals surface area contributed by atoms with Crippen LogP contribution in [-0.2, 0) is 20.7 Å². The third kappa shape index (κ3) is 4.86. The largest absolute Gasteiger partial charge is 0.492 e. The fraction of sp³-hybridized carbons (Fsp3) is 0.323. The molecule has 0 bridgehead atoms. The van der Waals surface area contributed by atoms with Crippen molar-refractivity contribution in [2.75, 3.05) is 26.9 Å². The maximum Gasteiger partial charge on any atom is 0.306 e. The summed E-state index contributed by atoms with van der Waals surface area (Å²) in [4.78, 5) is 11.7. The second-order valence-corrected chi connectivity index (χ2v) is 9.75. The van der Waals surface area contributed by atoms with Crippen molar-refractivity contribution in [3.63, 3.8) is 0 Å². The average Bonchev–Trinajstić information content (AvgIpc) is 3.56. The summed E-state index contributed by atoms with van der Waals surface area (Å²) in [7, 11) is 1.38. The molecular weight excluding hydrogens is 487 g/mol. The van der Waals surface area contributed by atoms with Gasteiger partial charge in [0.05, 0.1) is 33.4 Å². The molecule has 2 heterocycles. The molecule has 7 heteroatoms. The van der Waals surface area contributed by atoms with Crippen LogP contribution < -0.4 is 14.2 Å². The van der Waals surface area contributed by atoms with E-state index in [1.54, 1.807) is 6.07 Å². The second-order valence-electron chi connectivity index (χ2n) is 9.75. The molecule has 3 aromatic rings. The van der Waals surface area contributed by atoms with Gasteiger partial charge in [0, 0.05) is 28.7 Å². The molecule has 6 nitrogen and oxygen atoms in total. The van der Waals surface area contributed by atoms with E-state index in [0.717, 1.165) is 29.7 Å². The Labute approximate surface area is 220 Å². The predicted octanol–water partition coefficient (Wildman–Crippen LogP) is 6.53. The first-order valence-electron chi connectivity index (χ1n) is 13.0. The number of hydrogen-bond donors (Lipinski definition) is 0. The minimum atomic E-state index is -0.429. The number of esters is 1. The summed E-state index contributed by atoms with van der Waals surface area (Å²) >= 11 is 0. The highest BCUT2D eigenvalue weighted by molar-refractivity contribution is 5.71. The van der Waals surface area contributed by atoms with Crippen LogP contribution in [0.1, 0.15) is 53.5 Å². The lowest BCUT2D eigenvalue weighted by Gasteiger charge is -2.18. The van der Waals surface area contributed by atoms with Crippen LogP contribution in [0.5, 0.6) is 23.0 Å². The number of halogens is 1. The molecule has 0 saturated heterocycles. The van der Waals surface area contributed by atoms with E-state index >= 15 is 4.39 Å². The summed E-state index contributed by atoms with van der Waals surface area (Å²) in [6.45, 7) is 1.80. The Balaban J connectivity index is 1.18. The van der Waals surface area contributed by atoms with Gasteiger partial charge in [-0.05, 0) is 60.7 Å². The van der Waals surface area contributed by atoms with Crippen LogP contribution in [0.25, 0.3) is 5.57 Å². The highest BCUT2D eigenvalue weighted by Crippen LogP contribution is 2.44. The van der Waals surface area contributed by atoms with Crippen molar-refractivity contribution in [1.82, 2.24) is 0 Å². The molecule has 2 aliphatic heterocycles. The van der Waals surface area contributed by atoms with E-state index < -0.39 is 6.10 Å². The summed E-state index contributed by atoms with van der Waals surface area (Å²) in [6.07, 6.45) is 4.15. The Kier molecular flexibility index (Phi) is 6.77. The molecule has 0 aromatic heterocycles. The minimum Gasteiger partial charge on any atom is -0.492 e. The van der Waals surface area contributed by atoms with Crippen molar-refractivity contribution < 1.29 is 32.9 Å². The summed E-state index contributed by atoms with van der Waals surface area (Å²) in [6, 6.07) is 16.7. The number of fused-ring (bicyclic) bond motifs is 2. The highest BCUT2D eigenvalue weighted by atomic mass is 19.1. The molecule has 6 rings (SSSR count). The lowest BCUT2D eigenvalue weighted by molar-refractivity contribution is -0.141. The molecule has 1 unspecified atom stereocenters. The van der Waals surface area contributed by atoms with E-state index in [4.69, 9.17) is 23.7 Å². The number of carbonyl (C=O) groups is 1. The standard InChI is InChI=1S/C31H29FO6/c1-34-30(33)16-21-18-36-29-17-23(6-7-24(21)29)38-28-10-8-25-27(11-9-26(32)31(25)28)37-22-4-2-19(3-5-22)20-12-14-35-15-13-20/h2-7,9,11-12,17,21,28H,8,10,13-16,18H2,1H3/t21?,28-/m1/s1. The van der Waals surface area contributed by atoms with Crippen LogP contribution in [-0.4, -0.2) is 32.9 Å². The van der Waals surface area contributed by atoms with Gasteiger partial charge in [-0.1, -0.05) is 24.3 Å².